The zero-order valence-electron chi connectivity index (χ0n) is 12.3. The van der Waals surface area contributed by atoms with E-state index in [4.69, 9.17) is 16.3 Å². The van der Waals surface area contributed by atoms with Crippen molar-refractivity contribution in [3.63, 3.8) is 0 Å². The average Bonchev–Trinajstić information content (AvgIpc) is 3.00. The van der Waals surface area contributed by atoms with E-state index in [1.165, 1.54) is 17.8 Å². The number of hydrogen-bond donors (Lipinski definition) is 1. The van der Waals surface area contributed by atoms with E-state index >= 15 is 0 Å². The Morgan fingerprint density at radius 2 is 2.00 bits per heavy atom. The zero-order valence-corrected chi connectivity index (χ0v) is 13.1. The molecular formula is C17H18ClFN2O. The van der Waals surface area contributed by atoms with Gasteiger partial charge in [0.05, 0.1) is 6.20 Å². The number of benzene rings is 1. The van der Waals surface area contributed by atoms with Crippen molar-refractivity contribution in [1.29, 1.82) is 0 Å². The van der Waals surface area contributed by atoms with E-state index in [0.29, 0.717) is 17.7 Å². The van der Waals surface area contributed by atoms with Gasteiger partial charge in [-0.1, -0.05) is 23.7 Å². The molecular weight excluding hydrogens is 303 g/mol. The Bertz CT molecular complexity index is 618. The molecule has 1 N–H and O–H groups in total. The standard InChI is InChI=1S/C17H18ClFN2O/c1-11(22-17-7-6-14(19)8-21-17)15-9-20-10-16(15)12-2-4-13(18)5-3-12/h2-8,11,15-16,20H,9-10H2,1H3. The highest BCUT2D eigenvalue weighted by Gasteiger charge is 2.33. The lowest BCUT2D eigenvalue weighted by Gasteiger charge is -2.25. The normalized spacial score (nSPS) is 22.5. The number of nitrogens with one attached hydrogen (secondary N) is 1. The van der Waals surface area contributed by atoms with Gasteiger partial charge >= 0.3 is 0 Å². The number of ether oxygens (including phenoxy) is 1. The number of aromatic nitrogens is 1. The molecule has 0 radical (unpaired) electrons. The Labute approximate surface area is 134 Å². The largest absolute Gasteiger partial charge is 0.474 e. The third-order valence-corrected chi connectivity index (χ3v) is 4.42. The van der Waals surface area contributed by atoms with Crippen molar-refractivity contribution in [3.05, 3.63) is 59.0 Å². The van der Waals surface area contributed by atoms with Crippen LogP contribution in [-0.2, 0) is 0 Å². The summed E-state index contributed by atoms with van der Waals surface area (Å²) in [5.74, 6) is 0.790. The number of hydrogen-bond acceptors (Lipinski definition) is 3. The van der Waals surface area contributed by atoms with E-state index in [1.807, 2.05) is 19.1 Å². The zero-order chi connectivity index (χ0) is 15.5. The molecule has 3 unspecified atom stereocenters. The summed E-state index contributed by atoms with van der Waals surface area (Å²) in [5.41, 5.74) is 1.25. The third-order valence-electron chi connectivity index (χ3n) is 4.17. The number of rotatable bonds is 4. The first-order valence-corrected chi connectivity index (χ1v) is 7.75. The van der Waals surface area contributed by atoms with E-state index in [2.05, 4.69) is 22.4 Å². The topological polar surface area (TPSA) is 34.1 Å². The van der Waals surface area contributed by atoms with Crippen molar-refractivity contribution >= 4 is 11.6 Å². The predicted molar refractivity (Wildman–Crippen MR) is 84.8 cm³/mol. The number of pyridine rings is 1. The molecule has 0 amide bonds. The van der Waals surface area contributed by atoms with Gasteiger partial charge in [-0.2, -0.15) is 0 Å². The van der Waals surface area contributed by atoms with Crippen LogP contribution < -0.4 is 10.1 Å². The van der Waals surface area contributed by atoms with Gasteiger partial charge in [0.25, 0.3) is 0 Å². The van der Waals surface area contributed by atoms with Crippen LogP contribution in [0.5, 0.6) is 5.88 Å². The second-order valence-corrected chi connectivity index (χ2v) is 6.05. The maximum absolute atomic E-state index is 12.9. The minimum Gasteiger partial charge on any atom is -0.474 e. The predicted octanol–water partition coefficient (Wildman–Crippen LogP) is 3.64. The first-order valence-electron chi connectivity index (χ1n) is 7.38. The van der Waals surface area contributed by atoms with Crippen molar-refractivity contribution in [2.75, 3.05) is 13.1 Å². The van der Waals surface area contributed by atoms with E-state index < -0.39 is 0 Å². The van der Waals surface area contributed by atoms with Gasteiger partial charge in [0.1, 0.15) is 11.9 Å². The summed E-state index contributed by atoms with van der Waals surface area (Å²) in [6.07, 6.45) is 1.15. The SMILES string of the molecule is CC(Oc1ccc(F)cn1)C1CNCC1c1ccc(Cl)cc1. The minimum absolute atomic E-state index is 0.0198. The Hall–Kier alpha value is -1.65. The van der Waals surface area contributed by atoms with Crippen molar-refractivity contribution in [1.82, 2.24) is 10.3 Å². The second kappa shape index (κ2) is 6.63. The summed E-state index contributed by atoms with van der Waals surface area (Å²) in [6.45, 7) is 3.83. The highest BCUT2D eigenvalue weighted by Crippen LogP contribution is 2.32. The van der Waals surface area contributed by atoms with Crippen LogP contribution >= 0.6 is 11.6 Å². The Kier molecular flexibility index (Phi) is 4.60. The fourth-order valence-corrected chi connectivity index (χ4v) is 3.10. The van der Waals surface area contributed by atoms with E-state index in [0.717, 1.165) is 18.1 Å². The maximum Gasteiger partial charge on any atom is 0.213 e. The summed E-state index contributed by atoms with van der Waals surface area (Å²) in [6, 6.07) is 10.9. The molecule has 0 saturated carbocycles. The Morgan fingerprint density at radius 1 is 1.23 bits per heavy atom. The summed E-state index contributed by atoms with van der Waals surface area (Å²) in [4.78, 5) is 3.96. The van der Waals surface area contributed by atoms with Crippen LogP contribution in [0, 0.1) is 11.7 Å². The van der Waals surface area contributed by atoms with Gasteiger partial charge in [0.2, 0.25) is 5.88 Å². The molecule has 5 heteroatoms. The number of nitrogens with zero attached hydrogens (tertiary/aromatic N) is 1. The smallest absolute Gasteiger partial charge is 0.213 e. The van der Waals surface area contributed by atoms with Gasteiger partial charge in [-0.15, -0.1) is 0 Å². The molecule has 0 bridgehead atoms. The molecule has 1 saturated heterocycles. The molecule has 1 aliphatic rings. The van der Waals surface area contributed by atoms with Crippen molar-refractivity contribution < 1.29 is 9.13 Å². The van der Waals surface area contributed by atoms with Crippen LogP contribution in [0.3, 0.4) is 0 Å². The molecule has 1 aromatic heterocycles. The van der Waals surface area contributed by atoms with Gasteiger partial charge in [-0.05, 0) is 30.7 Å². The van der Waals surface area contributed by atoms with Crippen LogP contribution in [0.4, 0.5) is 4.39 Å². The van der Waals surface area contributed by atoms with Gasteiger partial charge in [-0.3, -0.25) is 0 Å². The molecule has 0 aliphatic carbocycles. The fraction of sp³-hybridized carbons (Fsp3) is 0.353. The molecule has 0 spiro atoms. The van der Waals surface area contributed by atoms with Gasteiger partial charge in [-0.25, -0.2) is 9.37 Å². The van der Waals surface area contributed by atoms with Gasteiger partial charge in [0, 0.05) is 36.0 Å². The molecule has 3 atom stereocenters. The van der Waals surface area contributed by atoms with E-state index in [1.54, 1.807) is 6.07 Å². The third kappa shape index (κ3) is 3.39. The molecule has 1 fully saturated rings. The Morgan fingerprint density at radius 3 is 2.68 bits per heavy atom. The minimum atomic E-state index is -0.360. The molecule has 1 aliphatic heterocycles. The lowest BCUT2D eigenvalue weighted by atomic mass is 9.86. The highest BCUT2D eigenvalue weighted by molar-refractivity contribution is 6.30. The van der Waals surface area contributed by atoms with Crippen LogP contribution in [0.25, 0.3) is 0 Å². The van der Waals surface area contributed by atoms with Crippen molar-refractivity contribution in [2.45, 2.75) is 18.9 Å². The molecule has 3 nitrogen and oxygen atoms in total. The summed E-state index contributed by atoms with van der Waals surface area (Å²) >= 11 is 5.96. The Balaban J connectivity index is 1.71. The first kappa shape index (κ1) is 15.3. The quantitative estimate of drug-likeness (QED) is 0.934. The lowest BCUT2D eigenvalue weighted by molar-refractivity contribution is 0.145. The summed E-state index contributed by atoms with van der Waals surface area (Å²) < 4.78 is 18.8. The van der Waals surface area contributed by atoms with Crippen LogP contribution in [0.15, 0.2) is 42.6 Å². The van der Waals surface area contributed by atoms with Crippen LogP contribution in [0.1, 0.15) is 18.4 Å². The highest BCUT2D eigenvalue weighted by atomic mass is 35.5. The number of halogens is 2. The molecule has 116 valence electrons. The molecule has 22 heavy (non-hydrogen) atoms. The van der Waals surface area contributed by atoms with Crippen molar-refractivity contribution in [3.8, 4) is 5.88 Å². The van der Waals surface area contributed by atoms with E-state index in [9.17, 15) is 4.39 Å². The first-order chi connectivity index (χ1) is 10.6. The summed E-state index contributed by atoms with van der Waals surface area (Å²) in [5, 5.41) is 4.16. The molecule has 2 heterocycles. The van der Waals surface area contributed by atoms with Gasteiger partial charge in [0.15, 0.2) is 0 Å². The van der Waals surface area contributed by atoms with Gasteiger partial charge < -0.3 is 10.1 Å². The molecule has 1 aromatic carbocycles. The lowest BCUT2D eigenvalue weighted by Crippen LogP contribution is -2.29. The molecule has 3 rings (SSSR count). The van der Waals surface area contributed by atoms with Crippen LogP contribution in [-0.4, -0.2) is 24.2 Å². The summed E-state index contributed by atoms with van der Waals surface area (Å²) in [7, 11) is 0. The van der Waals surface area contributed by atoms with Crippen LogP contribution in [0.2, 0.25) is 5.02 Å². The second-order valence-electron chi connectivity index (χ2n) is 5.62. The van der Waals surface area contributed by atoms with Crippen molar-refractivity contribution in [2.24, 2.45) is 5.92 Å². The van der Waals surface area contributed by atoms with E-state index in [-0.39, 0.29) is 11.9 Å². The monoisotopic (exact) mass is 320 g/mol. The molecule has 2 aromatic rings. The maximum atomic E-state index is 12.9. The fourth-order valence-electron chi connectivity index (χ4n) is 2.98. The average molecular weight is 321 g/mol.